The van der Waals surface area contributed by atoms with E-state index in [0.717, 1.165) is 12.3 Å². The summed E-state index contributed by atoms with van der Waals surface area (Å²) in [5, 5.41) is 10.7. The normalized spacial score (nSPS) is 16.4. The number of nitrogens with two attached hydrogens (primary N) is 1. The second-order valence-electron chi connectivity index (χ2n) is 4.42. The van der Waals surface area contributed by atoms with Gasteiger partial charge in [0.1, 0.15) is 11.3 Å². The molecule has 1 amide bonds. The highest BCUT2D eigenvalue weighted by Gasteiger charge is 2.25. The van der Waals surface area contributed by atoms with Crippen LogP contribution in [0.5, 0.6) is 0 Å². The standard InChI is InChI=1S/C11H13ClN4O3/c12-10-9(5-8(6-14-10)16(18)19)11(17)15-3-1-7(13)2-4-15/h5-7H,1-4,13H2. The fourth-order valence-corrected chi connectivity index (χ4v) is 2.14. The maximum Gasteiger partial charge on any atom is 0.288 e. The predicted octanol–water partition coefficient (Wildman–Crippen LogP) is 1.21. The van der Waals surface area contributed by atoms with Crippen LogP contribution in [0, 0.1) is 10.1 Å². The zero-order valence-electron chi connectivity index (χ0n) is 10.1. The van der Waals surface area contributed by atoms with Crippen molar-refractivity contribution in [2.24, 2.45) is 5.73 Å². The first-order chi connectivity index (χ1) is 8.99. The van der Waals surface area contributed by atoms with Gasteiger partial charge in [-0.3, -0.25) is 14.9 Å². The molecule has 1 fully saturated rings. The van der Waals surface area contributed by atoms with Crippen molar-refractivity contribution in [2.45, 2.75) is 18.9 Å². The molecule has 0 unspecified atom stereocenters. The summed E-state index contributed by atoms with van der Waals surface area (Å²) in [6.45, 7) is 1.05. The quantitative estimate of drug-likeness (QED) is 0.499. The molecule has 1 aliphatic rings. The van der Waals surface area contributed by atoms with Crippen LogP contribution in [0.3, 0.4) is 0 Å². The number of piperidine rings is 1. The van der Waals surface area contributed by atoms with E-state index < -0.39 is 4.92 Å². The highest BCUT2D eigenvalue weighted by Crippen LogP contribution is 2.22. The van der Waals surface area contributed by atoms with Gasteiger partial charge in [-0.15, -0.1) is 0 Å². The lowest BCUT2D eigenvalue weighted by Gasteiger charge is -2.30. The number of likely N-dealkylation sites (tertiary alicyclic amines) is 1. The Hall–Kier alpha value is -1.73. The topological polar surface area (TPSA) is 102 Å². The van der Waals surface area contributed by atoms with Crippen LogP contribution in [0.25, 0.3) is 0 Å². The van der Waals surface area contributed by atoms with E-state index in [4.69, 9.17) is 17.3 Å². The lowest BCUT2D eigenvalue weighted by atomic mass is 10.1. The van der Waals surface area contributed by atoms with Gasteiger partial charge < -0.3 is 10.6 Å². The van der Waals surface area contributed by atoms with E-state index in [1.807, 2.05) is 0 Å². The number of aromatic nitrogens is 1. The lowest BCUT2D eigenvalue weighted by Crippen LogP contribution is -2.43. The molecule has 19 heavy (non-hydrogen) atoms. The molecule has 2 N–H and O–H groups in total. The lowest BCUT2D eigenvalue weighted by molar-refractivity contribution is -0.385. The minimum Gasteiger partial charge on any atom is -0.338 e. The molecule has 1 aromatic rings. The van der Waals surface area contributed by atoms with Crippen LogP contribution < -0.4 is 5.73 Å². The Morgan fingerprint density at radius 2 is 2.16 bits per heavy atom. The second kappa shape index (κ2) is 5.50. The summed E-state index contributed by atoms with van der Waals surface area (Å²) in [7, 11) is 0. The molecule has 7 nitrogen and oxygen atoms in total. The average Bonchev–Trinajstić information content (AvgIpc) is 2.39. The Morgan fingerprint density at radius 1 is 1.53 bits per heavy atom. The van der Waals surface area contributed by atoms with E-state index in [0.29, 0.717) is 25.9 Å². The zero-order valence-corrected chi connectivity index (χ0v) is 10.8. The Morgan fingerprint density at radius 3 is 2.74 bits per heavy atom. The van der Waals surface area contributed by atoms with Crippen molar-refractivity contribution in [3.05, 3.63) is 33.1 Å². The van der Waals surface area contributed by atoms with Gasteiger partial charge in [0.05, 0.1) is 10.5 Å². The summed E-state index contributed by atoms with van der Waals surface area (Å²) < 4.78 is 0. The Labute approximate surface area is 114 Å². The molecule has 1 aromatic heterocycles. The molecule has 0 atom stereocenters. The highest BCUT2D eigenvalue weighted by molar-refractivity contribution is 6.32. The molecule has 102 valence electrons. The molecular weight excluding hydrogens is 272 g/mol. The van der Waals surface area contributed by atoms with Gasteiger partial charge in [-0.05, 0) is 12.8 Å². The van der Waals surface area contributed by atoms with Crippen LogP contribution in [0.15, 0.2) is 12.3 Å². The summed E-state index contributed by atoms with van der Waals surface area (Å²) in [5.41, 5.74) is 5.58. The molecular formula is C11H13ClN4O3. The van der Waals surface area contributed by atoms with E-state index in [1.165, 1.54) is 0 Å². The summed E-state index contributed by atoms with van der Waals surface area (Å²) in [6.07, 6.45) is 2.46. The Bertz CT molecular complexity index is 515. The number of hydrogen-bond acceptors (Lipinski definition) is 5. The number of nitrogens with zero attached hydrogens (tertiary/aromatic N) is 3. The smallest absolute Gasteiger partial charge is 0.288 e. The van der Waals surface area contributed by atoms with Crippen LogP contribution in [0.1, 0.15) is 23.2 Å². The molecule has 2 rings (SSSR count). The van der Waals surface area contributed by atoms with Gasteiger partial charge in [0.25, 0.3) is 11.6 Å². The third-order valence-electron chi connectivity index (χ3n) is 3.09. The first-order valence-electron chi connectivity index (χ1n) is 5.84. The van der Waals surface area contributed by atoms with Gasteiger partial charge in [0.2, 0.25) is 0 Å². The van der Waals surface area contributed by atoms with E-state index in [9.17, 15) is 14.9 Å². The Kier molecular flexibility index (Phi) is 3.96. The van der Waals surface area contributed by atoms with Crippen molar-refractivity contribution in [3.63, 3.8) is 0 Å². The fraction of sp³-hybridized carbons (Fsp3) is 0.455. The van der Waals surface area contributed by atoms with E-state index >= 15 is 0 Å². The molecule has 0 saturated carbocycles. The number of pyridine rings is 1. The van der Waals surface area contributed by atoms with Gasteiger partial charge in [-0.1, -0.05) is 11.6 Å². The first kappa shape index (κ1) is 13.7. The highest BCUT2D eigenvalue weighted by atomic mass is 35.5. The molecule has 1 saturated heterocycles. The third kappa shape index (κ3) is 2.99. The largest absolute Gasteiger partial charge is 0.338 e. The number of carbonyl (C=O) groups is 1. The predicted molar refractivity (Wildman–Crippen MR) is 69.0 cm³/mol. The molecule has 8 heteroatoms. The fourth-order valence-electron chi connectivity index (χ4n) is 1.96. The monoisotopic (exact) mass is 284 g/mol. The van der Waals surface area contributed by atoms with Gasteiger partial charge >= 0.3 is 0 Å². The SMILES string of the molecule is NC1CCN(C(=O)c2cc([N+](=O)[O-])cnc2Cl)CC1. The minimum absolute atomic E-state index is 0.0227. The molecule has 2 heterocycles. The van der Waals surface area contributed by atoms with E-state index in [2.05, 4.69) is 4.98 Å². The van der Waals surface area contributed by atoms with Crippen molar-refractivity contribution in [1.82, 2.24) is 9.88 Å². The van der Waals surface area contributed by atoms with Gasteiger partial charge in [0.15, 0.2) is 0 Å². The molecule has 0 spiro atoms. The zero-order chi connectivity index (χ0) is 14.0. The van der Waals surface area contributed by atoms with Gasteiger partial charge in [-0.2, -0.15) is 0 Å². The summed E-state index contributed by atoms with van der Waals surface area (Å²) >= 11 is 5.84. The summed E-state index contributed by atoms with van der Waals surface area (Å²) in [5.74, 6) is -0.340. The maximum atomic E-state index is 12.2. The minimum atomic E-state index is -0.605. The molecule has 0 aromatic carbocycles. The number of hydrogen-bond donors (Lipinski definition) is 1. The van der Waals surface area contributed by atoms with Crippen molar-refractivity contribution in [1.29, 1.82) is 0 Å². The average molecular weight is 285 g/mol. The van der Waals surface area contributed by atoms with Crippen LogP contribution in [-0.2, 0) is 0 Å². The van der Waals surface area contributed by atoms with E-state index in [1.54, 1.807) is 4.90 Å². The maximum absolute atomic E-state index is 12.2. The van der Waals surface area contributed by atoms with Crippen molar-refractivity contribution in [3.8, 4) is 0 Å². The summed E-state index contributed by atoms with van der Waals surface area (Å²) in [6, 6.07) is 1.26. The first-order valence-corrected chi connectivity index (χ1v) is 6.21. The molecule has 0 bridgehead atoms. The number of carbonyl (C=O) groups excluding carboxylic acids is 1. The van der Waals surface area contributed by atoms with Crippen molar-refractivity contribution in [2.75, 3.05) is 13.1 Å². The summed E-state index contributed by atoms with van der Waals surface area (Å²) in [4.78, 5) is 27.6. The van der Waals surface area contributed by atoms with Crippen LogP contribution >= 0.6 is 11.6 Å². The van der Waals surface area contributed by atoms with Crippen LogP contribution in [0.2, 0.25) is 5.15 Å². The number of amides is 1. The van der Waals surface area contributed by atoms with Gasteiger partial charge in [0, 0.05) is 25.2 Å². The number of nitro groups is 1. The second-order valence-corrected chi connectivity index (χ2v) is 4.78. The third-order valence-corrected chi connectivity index (χ3v) is 3.39. The molecule has 1 aliphatic heterocycles. The van der Waals surface area contributed by atoms with Crippen LogP contribution in [0.4, 0.5) is 5.69 Å². The van der Waals surface area contributed by atoms with Crippen LogP contribution in [-0.4, -0.2) is 39.8 Å². The number of halogens is 1. The Balaban J connectivity index is 2.23. The molecule has 0 radical (unpaired) electrons. The number of rotatable bonds is 2. The molecule has 0 aliphatic carbocycles. The van der Waals surface area contributed by atoms with Crippen molar-refractivity contribution < 1.29 is 9.72 Å². The van der Waals surface area contributed by atoms with E-state index in [-0.39, 0.29) is 28.4 Å². The van der Waals surface area contributed by atoms with Gasteiger partial charge in [-0.25, -0.2) is 4.98 Å². The van der Waals surface area contributed by atoms with Crippen molar-refractivity contribution >= 4 is 23.2 Å².